The fourth-order valence-corrected chi connectivity index (χ4v) is 3.26. The maximum Gasteiger partial charge on any atom is 0.306 e. The number of piperidine rings is 1. The van der Waals surface area contributed by atoms with Crippen molar-refractivity contribution < 1.29 is 19.4 Å². The number of Topliss-reactive ketones (excluding diaryl/α,β-unsaturated/α-hetero) is 1. The third-order valence-electron chi connectivity index (χ3n) is 4.63. The van der Waals surface area contributed by atoms with Gasteiger partial charge in [-0.15, -0.1) is 0 Å². The van der Waals surface area contributed by atoms with E-state index in [9.17, 15) is 9.59 Å². The molecular weight excluding hydrogens is 294 g/mol. The lowest BCUT2D eigenvalue weighted by Crippen LogP contribution is -2.46. The summed E-state index contributed by atoms with van der Waals surface area (Å²) in [5, 5.41) is 9.10. The minimum absolute atomic E-state index is 0.0572. The van der Waals surface area contributed by atoms with Crippen LogP contribution in [0.1, 0.15) is 42.1 Å². The summed E-state index contributed by atoms with van der Waals surface area (Å²) in [4.78, 5) is 26.2. The van der Waals surface area contributed by atoms with Crippen molar-refractivity contribution in [2.24, 2.45) is 5.92 Å². The van der Waals surface area contributed by atoms with E-state index in [1.807, 2.05) is 32.0 Å². The van der Waals surface area contributed by atoms with Crippen LogP contribution in [-0.2, 0) is 4.79 Å². The molecule has 0 amide bonds. The van der Waals surface area contributed by atoms with E-state index in [0.717, 1.165) is 5.56 Å². The topological polar surface area (TPSA) is 66.8 Å². The molecule has 1 aliphatic heterocycles. The van der Waals surface area contributed by atoms with Gasteiger partial charge in [0, 0.05) is 0 Å². The Bertz CT molecular complexity index is 576. The number of ether oxygens (including phenoxy) is 1. The molecule has 5 nitrogen and oxygen atoms in total. The van der Waals surface area contributed by atoms with Crippen LogP contribution in [0.3, 0.4) is 0 Å². The summed E-state index contributed by atoms with van der Waals surface area (Å²) < 4.78 is 5.33. The molecule has 1 unspecified atom stereocenters. The molecule has 0 radical (unpaired) electrons. The van der Waals surface area contributed by atoms with Crippen molar-refractivity contribution in [2.45, 2.75) is 39.2 Å². The zero-order valence-electron chi connectivity index (χ0n) is 14.0. The van der Waals surface area contributed by atoms with E-state index in [-0.39, 0.29) is 17.7 Å². The number of hydrogen-bond acceptors (Lipinski definition) is 4. The third-order valence-corrected chi connectivity index (χ3v) is 4.63. The van der Waals surface area contributed by atoms with Gasteiger partial charge in [0.2, 0.25) is 0 Å². The van der Waals surface area contributed by atoms with E-state index >= 15 is 0 Å². The number of carbonyl (C=O) groups excluding carboxylic acids is 1. The maximum absolute atomic E-state index is 13.0. The molecule has 2 rings (SSSR count). The van der Waals surface area contributed by atoms with Crippen molar-refractivity contribution in [1.29, 1.82) is 0 Å². The monoisotopic (exact) mass is 319 g/mol. The van der Waals surface area contributed by atoms with E-state index in [0.29, 0.717) is 43.7 Å². The summed E-state index contributed by atoms with van der Waals surface area (Å²) in [5.74, 6) is -0.363. The average molecular weight is 319 g/mol. The Morgan fingerprint density at radius 2 is 2.00 bits per heavy atom. The molecular formula is C18H25NO4. The van der Waals surface area contributed by atoms with E-state index < -0.39 is 5.97 Å². The molecule has 126 valence electrons. The highest BCUT2D eigenvalue weighted by molar-refractivity contribution is 6.02. The van der Waals surface area contributed by atoms with Crippen LogP contribution in [0.2, 0.25) is 0 Å². The quantitative estimate of drug-likeness (QED) is 0.817. The van der Waals surface area contributed by atoms with Crippen LogP contribution >= 0.6 is 0 Å². The molecule has 1 aromatic rings. The van der Waals surface area contributed by atoms with Gasteiger partial charge in [-0.1, -0.05) is 18.6 Å². The molecule has 1 saturated heterocycles. The molecule has 1 fully saturated rings. The van der Waals surface area contributed by atoms with Crippen LogP contribution in [0, 0.1) is 12.8 Å². The molecule has 1 heterocycles. The Morgan fingerprint density at radius 3 is 2.52 bits per heavy atom. The van der Waals surface area contributed by atoms with E-state index in [1.165, 1.54) is 0 Å². The summed E-state index contributed by atoms with van der Waals surface area (Å²) in [7, 11) is 1.57. The Hall–Kier alpha value is -1.88. The van der Waals surface area contributed by atoms with Gasteiger partial charge in [-0.25, -0.2) is 0 Å². The summed E-state index contributed by atoms with van der Waals surface area (Å²) >= 11 is 0. The third kappa shape index (κ3) is 3.91. The van der Waals surface area contributed by atoms with Gasteiger partial charge in [-0.2, -0.15) is 0 Å². The van der Waals surface area contributed by atoms with Crippen LogP contribution < -0.4 is 4.74 Å². The van der Waals surface area contributed by atoms with Crippen LogP contribution in [0.25, 0.3) is 0 Å². The fourth-order valence-electron chi connectivity index (χ4n) is 3.26. The number of benzene rings is 1. The zero-order valence-corrected chi connectivity index (χ0v) is 14.0. The minimum Gasteiger partial charge on any atom is -0.496 e. The van der Waals surface area contributed by atoms with Crippen molar-refractivity contribution >= 4 is 11.8 Å². The first-order valence-corrected chi connectivity index (χ1v) is 8.13. The smallest absolute Gasteiger partial charge is 0.306 e. The Kier molecular flexibility index (Phi) is 5.77. The summed E-state index contributed by atoms with van der Waals surface area (Å²) in [5.41, 5.74) is 1.63. The van der Waals surface area contributed by atoms with Gasteiger partial charge in [-0.05, 0) is 51.4 Å². The first-order valence-electron chi connectivity index (χ1n) is 8.13. The number of aryl methyl sites for hydroxylation is 1. The van der Waals surface area contributed by atoms with E-state index in [1.54, 1.807) is 7.11 Å². The van der Waals surface area contributed by atoms with Gasteiger partial charge in [0.15, 0.2) is 5.78 Å². The zero-order chi connectivity index (χ0) is 17.0. The number of rotatable bonds is 6. The molecule has 1 aromatic carbocycles. The molecule has 0 aliphatic carbocycles. The second-order valence-electron chi connectivity index (χ2n) is 6.14. The highest BCUT2D eigenvalue weighted by Gasteiger charge is 2.32. The van der Waals surface area contributed by atoms with Gasteiger partial charge in [-0.3, -0.25) is 14.5 Å². The van der Waals surface area contributed by atoms with Crippen LogP contribution in [0.4, 0.5) is 0 Å². The number of aliphatic carboxylic acids is 1. The molecule has 1 aliphatic rings. The average Bonchev–Trinajstić information content (AvgIpc) is 2.55. The number of carboxylic acid groups (broad SMARTS) is 1. The van der Waals surface area contributed by atoms with Crippen LogP contribution in [0.15, 0.2) is 18.2 Å². The maximum atomic E-state index is 13.0. The molecule has 0 spiro atoms. The van der Waals surface area contributed by atoms with E-state index in [4.69, 9.17) is 9.84 Å². The number of methoxy groups -OCH3 is 1. The molecule has 1 N–H and O–H groups in total. The largest absolute Gasteiger partial charge is 0.496 e. The molecule has 1 atom stereocenters. The predicted octanol–water partition coefficient (Wildman–Crippen LogP) is 2.76. The van der Waals surface area contributed by atoms with Crippen molar-refractivity contribution in [3.05, 3.63) is 29.3 Å². The van der Waals surface area contributed by atoms with Gasteiger partial charge in [0.1, 0.15) is 5.75 Å². The Morgan fingerprint density at radius 1 is 1.35 bits per heavy atom. The lowest BCUT2D eigenvalue weighted by Gasteiger charge is -2.35. The summed E-state index contributed by atoms with van der Waals surface area (Å²) in [6.45, 7) is 5.24. The Labute approximate surface area is 137 Å². The second-order valence-corrected chi connectivity index (χ2v) is 6.14. The predicted molar refractivity (Wildman–Crippen MR) is 88.1 cm³/mol. The van der Waals surface area contributed by atoms with Crippen molar-refractivity contribution in [3.8, 4) is 5.75 Å². The SMILES string of the molecule is CCC(C(=O)c1cc(C)ccc1OC)N1CCC(C(=O)O)CC1. The van der Waals surface area contributed by atoms with Crippen molar-refractivity contribution in [2.75, 3.05) is 20.2 Å². The van der Waals surface area contributed by atoms with Gasteiger partial charge >= 0.3 is 5.97 Å². The number of likely N-dealkylation sites (tertiary alicyclic amines) is 1. The first kappa shape index (κ1) is 17.5. The molecule has 0 saturated carbocycles. The number of carbonyl (C=O) groups is 2. The first-order chi connectivity index (χ1) is 11.0. The number of nitrogens with zero attached hydrogens (tertiary/aromatic N) is 1. The fraction of sp³-hybridized carbons (Fsp3) is 0.556. The number of ketones is 1. The molecule has 23 heavy (non-hydrogen) atoms. The Balaban J connectivity index is 2.17. The lowest BCUT2D eigenvalue weighted by molar-refractivity contribution is -0.143. The van der Waals surface area contributed by atoms with Gasteiger partial charge in [0.05, 0.1) is 24.6 Å². The van der Waals surface area contributed by atoms with Gasteiger partial charge < -0.3 is 9.84 Å². The number of hydrogen-bond donors (Lipinski definition) is 1. The minimum atomic E-state index is -0.732. The second kappa shape index (κ2) is 7.59. The lowest BCUT2D eigenvalue weighted by atomic mass is 9.92. The normalized spacial score (nSPS) is 17.7. The standard InChI is InChI=1S/C18H25NO4/c1-4-15(19-9-7-13(8-10-19)18(21)22)17(20)14-11-12(2)5-6-16(14)23-3/h5-6,11,13,15H,4,7-10H2,1-3H3,(H,21,22). The summed E-state index contributed by atoms with van der Waals surface area (Å²) in [6, 6.07) is 5.40. The number of carboxylic acids is 1. The van der Waals surface area contributed by atoms with Crippen molar-refractivity contribution in [1.82, 2.24) is 4.90 Å². The van der Waals surface area contributed by atoms with Gasteiger partial charge in [0.25, 0.3) is 0 Å². The summed E-state index contributed by atoms with van der Waals surface area (Å²) in [6.07, 6.45) is 1.90. The molecule has 0 bridgehead atoms. The molecule has 5 heteroatoms. The molecule has 0 aromatic heterocycles. The van der Waals surface area contributed by atoms with Crippen LogP contribution in [0.5, 0.6) is 5.75 Å². The van der Waals surface area contributed by atoms with Crippen LogP contribution in [-0.4, -0.2) is 48.0 Å². The van der Waals surface area contributed by atoms with Crippen molar-refractivity contribution in [3.63, 3.8) is 0 Å². The highest BCUT2D eigenvalue weighted by atomic mass is 16.5. The van der Waals surface area contributed by atoms with E-state index in [2.05, 4.69) is 4.90 Å². The highest BCUT2D eigenvalue weighted by Crippen LogP contribution is 2.26.